The molecule has 2 aromatic rings. The van der Waals surface area contributed by atoms with Crippen LogP contribution in [0.3, 0.4) is 0 Å². The standard InChI is InChI=1S/C16H15Cl2N3OS/c1-21(2)12-6-4-11(5-7-12)19-16(23)20-15(22)13-8-3-10(17)9-14(13)18/h3-9H,1-2H3,(H2,19,20,22,23). The molecule has 0 atom stereocenters. The molecule has 0 aromatic heterocycles. The molecule has 2 N–H and O–H groups in total. The fraction of sp³-hybridized carbons (Fsp3) is 0.125. The van der Waals surface area contributed by atoms with Gasteiger partial charge in [0.25, 0.3) is 5.91 Å². The molecule has 1 amide bonds. The SMILES string of the molecule is CN(C)c1ccc(NC(=S)NC(=O)c2ccc(Cl)cc2Cl)cc1. The number of thiocarbonyl (C=S) groups is 1. The Kier molecular flexibility index (Phi) is 5.82. The Hall–Kier alpha value is -1.82. The van der Waals surface area contributed by atoms with Crippen LogP contribution in [-0.2, 0) is 0 Å². The molecule has 23 heavy (non-hydrogen) atoms. The highest BCUT2D eigenvalue weighted by Gasteiger charge is 2.12. The maximum atomic E-state index is 12.1. The highest BCUT2D eigenvalue weighted by molar-refractivity contribution is 7.80. The maximum absolute atomic E-state index is 12.1. The van der Waals surface area contributed by atoms with Crippen LogP contribution >= 0.6 is 35.4 Å². The third kappa shape index (κ3) is 4.82. The summed E-state index contributed by atoms with van der Waals surface area (Å²) in [6, 6.07) is 12.3. The maximum Gasteiger partial charge on any atom is 0.258 e. The van der Waals surface area contributed by atoms with Gasteiger partial charge < -0.3 is 10.2 Å². The van der Waals surface area contributed by atoms with Crippen LogP contribution < -0.4 is 15.5 Å². The van der Waals surface area contributed by atoms with Crippen molar-refractivity contribution in [2.75, 3.05) is 24.3 Å². The second kappa shape index (κ2) is 7.64. The van der Waals surface area contributed by atoms with Gasteiger partial charge in [-0.25, -0.2) is 0 Å². The van der Waals surface area contributed by atoms with Crippen LogP contribution in [0.2, 0.25) is 10.0 Å². The van der Waals surface area contributed by atoms with E-state index in [2.05, 4.69) is 10.6 Å². The Morgan fingerprint density at radius 1 is 1.09 bits per heavy atom. The van der Waals surface area contributed by atoms with Crippen molar-refractivity contribution in [3.63, 3.8) is 0 Å². The number of halogens is 2. The molecule has 0 fully saturated rings. The summed E-state index contributed by atoms with van der Waals surface area (Å²) in [6.07, 6.45) is 0. The van der Waals surface area contributed by atoms with Crippen LogP contribution in [0.25, 0.3) is 0 Å². The minimum Gasteiger partial charge on any atom is -0.378 e. The minimum atomic E-state index is -0.394. The van der Waals surface area contributed by atoms with Crippen molar-refractivity contribution in [1.29, 1.82) is 0 Å². The summed E-state index contributed by atoms with van der Waals surface area (Å²) in [6.45, 7) is 0. The van der Waals surface area contributed by atoms with Gasteiger partial charge >= 0.3 is 0 Å². The molecule has 120 valence electrons. The summed E-state index contributed by atoms with van der Waals surface area (Å²) in [5, 5.41) is 6.47. The van der Waals surface area contributed by atoms with Crippen molar-refractivity contribution < 1.29 is 4.79 Å². The largest absolute Gasteiger partial charge is 0.378 e. The number of amides is 1. The molecule has 0 saturated carbocycles. The summed E-state index contributed by atoms with van der Waals surface area (Å²) in [4.78, 5) is 14.1. The molecule has 2 rings (SSSR count). The molecule has 0 saturated heterocycles. The summed E-state index contributed by atoms with van der Waals surface area (Å²) in [5.41, 5.74) is 2.16. The first-order valence-corrected chi connectivity index (χ1v) is 7.88. The lowest BCUT2D eigenvalue weighted by Gasteiger charge is -2.14. The quantitative estimate of drug-likeness (QED) is 0.798. The lowest BCUT2D eigenvalue weighted by atomic mass is 10.2. The number of anilines is 2. The van der Waals surface area contributed by atoms with Crippen molar-refractivity contribution in [3.05, 3.63) is 58.1 Å². The van der Waals surface area contributed by atoms with Crippen LogP contribution in [0.15, 0.2) is 42.5 Å². The van der Waals surface area contributed by atoms with Crippen molar-refractivity contribution in [2.24, 2.45) is 0 Å². The predicted molar refractivity (Wildman–Crippen MR) is 101 cm³/mol. The zero-order chi connectivity index (χ0) is 17.0. The van der Waals surface area contributed by atoms with Gasteiger partial charge in [0.05, 0.1) is 10.6 Å². The number of carbonyl (C=O) groups excluding carboxylic acids is 1. The Balaban J connectivity index is 2.00. The van der Waals surface area contributed by atoms with Crippen LogP contribution in [0.4, 0.5) is 11.4 Å². The summed E-state index contributed by atoms with van der Waals surface area (Å²) < 4.78 is 0. The number of hydrogen-bond donors (Lipinski definition) is 2. The van der Waals surface area contributed by atoms with Gasteiger partial charge in [0.15, 0.2) is 5.11 Å². The van der Waals surface area contributed by atoms with Crippen molar-refractivity contribution in [1.82, 2.24) is 5.32 Å². The fourth-order valence-corrected chi connectivity index (χ4v) is 2.55. The average Bonchev–Trinajstić information content (AvgIpc) is 2.47. The number of benzene rings is 2. The molecule has 7 heteroatoms. The van der Waals surface area contributed by atoms with Crippen LogP contribution in [0, 0.1) is 0 Å². The second-order valence-corrected chi connectivity index (χ2v) is 6.23. The number of carbonyl (C=O) groups is 1. The van der Waals surface area contributed by atoms with E-state index in [1.165, 1.54) is 6.07 Å². The first kappa shape index (κ1) is 17.5. The number of nitrogens with one attached hydrogen (secondary N) is 2. The van der Waals surface area contributed by atoms with E-state index in [0.717, 1.165) is 11.4 Å². The van der Waals surface area contributed by atoms with E-state index in [4.69, 9.17) is 35.4 Å². The zero-order valence-corrected chi connectivity index (χ0v) is 14.9. The third-order valence-electron chi connectivity index (χ3n) is 3.04. The molecule has 0 radical (unpaired) electrons. The van der Waals surface area contributed by atoms with Crippen LogP contribution in [-0.4, -0.2) is 25.1 Å². The molecule has 0 unspecified atom stereocenters. The Bertz CT molecular complexity index is 733. The van der Waals surface area contributed by atoms with Gasteiger partial charge in [0.1, 0.15) is 0 Å². The smallest absolute Gasteiger partial charge is 0.258 e. The van der Waals surface area contributed by atoms with Crippen LogP contribution in [0.5, 0.6) is 0 Å². The van der Waals surface area contributed by atoms with Crippen molar-refractivity contribution in [2.45, 2.75) is 0 Å². The normalized spacial score (nSPS) is 10.1. The lowest BCUT2D eigenvalue weighted by molar-refractivity contribution is 0.0978. The molecular formula is C16H15Cl2N3OS. The second-order valence-electron chi connectivity index (χ2n) is 4.97. The molecule has 0 spiro atoms. The molecule has 0 aliphatic carbocycles. The van der Waals surface area contributed by atoms with Crippen molar-refractivity contribution in [3.8, 4) is 0 Å². The molecule has 4 nitrogen and oxygen atoms in total. The average molecular weight is 368 g/mol. The molecule has 0 aliphatic heterocycles. The lowest BCUT2D eigenvalue weighted by Crippen LogP contribution is -2.34. The van der Waals surface area contributed by atoms with E-state index in [-0.39, 0.29) is 10.1 Å². The first-order valence-electron chi connectivity index (χ1n) is 6.71. The van der Waals surface area contributed by atoms with Crippen LogP contribution in [0.1, 0.15) is 10.4 Å². The molecular weight excluding hydrogens is 353 g/mol. The Labute approximate surface area is 150 Å². The molecule has 0 aliphatic rings. The molecule has 0 heterocycles. The highest BCUT2D eigenvalue weighted by atomic mass is 35.5. The van der Waals surface area contributed by atoms with E-state index < -0.39 is 5.91 Å². The Morgan fingerprint density at radius 3 is 2.30 bits per heavy atom. The van der Waals surface area contributed by atoms with Gasteiger partial charge in [-0.1, -0.05) is 23.2 Å². The topological polar surface area (TPSA) is 44.4 Å². The number of hydrogen-bond acceptors (Lipinski definition) is 3. The zero-order valence-electron chi connectivity index (χ0n) is 12.6. The number of nitrogens with zero attached hydrogens (tertiary/aromatic N) is 1. The van der Waals surface area contributed by atoms with Gasteiger partial charge in [-0.3, -0.25) is 10.1 Å². The molecule has 0 bridgehead atoms. The van der Waals surface area contributed by atoms with Crippen molar-refractivity contribution >= 4 is 57.8 Å². The van der Waals surface area contributed by atoms with Gasteiger partial charge in [0.2, 0.25) is 0 Å². The first-order chi connectivity index (χ1) is 10.9. The van der Waals surface area contributed by atoms with Gasteiger partial charge in [-0.05, 0) is 54.7 Å². The predicted octanol–water partition coefficient (Wildman–Crippen LogP) is 4.19. The van der Waals surface area contributed by atoms with E-state index in [0.29, 0.717) is 10.6 Å². The van der Waals surface area contributed by atoms with Gasteiger partial charge in [-0.15, -0.1) is 0 Å². The van der Waals surface area contributed by atoms with E-state index in [1.54, 1.807) is 12.1 Å². The monoisotopic (exact) mass is 367 g/mol. The van der Waals surface area contributed by atoms with E-state index in [1.807, 2.05) is 43.3 Å². The Morgan fingerprint density at radius 2 is 1.74 bits per heavy atom. The van der Waals surface area contributed by atoms with Gasteiger partial charge in [-0.2, -0.15) is 0 Å². The van der Waals surface area contributed by atoms with E-state index >= 15 is 0 Å². The van der Waals surface area contributed by atoms with E-state index in [9.17, 15) is 4.79 Å². The van der Waals surface area contributed by atoms with Gasteiger partial charge in [0, 0.05) is 30.5 Å². The third-order valence-corrected chi connectivity index (χ3v) is 3.80. The minimum absolute atomic E-state index is 0.193. The highest BCUT2D eigenvalue weighted by Crippen LogP contribution is 2.21. The number of rotatable bonds is 3. The summed E-state index contributed by atoms with van der Waals surface area (Å²) >= 11 is 17.0. The molecule has 2 aromatic carbocycles. The summed E-state index contributed by atoms with van der Waals surface area (Å²) in [5.74, 6) is -0.394. The fourth-order valence-electron chi connectivity index (χ4n) is 1.85. The summed E-state index contributed by atoms with van der Waals surface area (Å²) in [7, 11) is 3.92.